The molecule has 1 aliphatic rings. The molecule has 0 aliphatic carbocycles. The maximum absolute atomic E-state index is 13.5. The lowest BCUT2D eigenvalue weighted by Gasteiger charge is -2.17. The van der Waals surface area contributed by atoms with Crippen molar-refractivity contribution in [3.05, 3.63) is 72.3 Å². The number of carbonyl (C=O) groups excluding carboxylic acids is 2. The lowest BCUT2D eigenvalue weighted by Crippen LogP contribution is -2.35. The van der Waals surface area contributed by atoms with Gasteiger partial charge in [-0.25, -0.2) is 4.99 Å². The second-order valence-electron chi connectivity index (χ2n) is 8.84. The number of hydrogen-bond donors (Lipinski definition) is 1. The number of nitrogens with one attached hydrogen (secondary N) is 1. The lowest BCUT2D eigenvalue weighted by atomic mass is 10.1. The molecule has 1 atom stereocenters. The average molecular weight is 564 g/mol. The predicted molar refractivity (Wildman–Crippen MR) is 157 cm³/mol. The minimum atomic E-state index is -0.600. The molecular weight excluding hydrogens is 530 g/mol. The summed E-state index contributed by atoms with van der Waals surface area (Å²) in [5.41, 5.74) is 2.28. The standard InChI is InChI=1S/C30H33N3O6S/c1-5-39-24-8-6-7-22(18-24)31-28(34)19-27-29(35)33(16-15-20-9-14-25(37-3)26(17-20)38-4)30(40-27)32-21-10-12-23(36-2)13-11-21/h6-14,17-18,27H,5,15-16,19H2,1-4H3,(H,31,34)/t27-/m1/s1. The Morgan fingerprint density at radius 2 is 1.73 bits per heavy atom. The highest BCUT2D eigenvalue weighted by molar-refractivity contribution is 8.15. The minimum absolute atomic E-state index is 0.0108. The van der Waals surface area contributed by atoms with Crippen molar-refractivity contribution in [3.63, 3.8) is 0 Å². The SMILES string of the molecule is CCOc1cccc(NC(=O)C[C@H]2SC(=Nc3ccc(OC)cc3)N(CCc3ccc(OC)c(OC)c3)C2=O)c1. The number of amides is 2. The number of amidine groups is 1. The number of carbonyl (C=O) groups is 2. The molecule has 0 spiro atoms. The van der Waals surface area contributed by atoms with Gasteiger partial charge < -0.3 is 24.3 Å². The first kappa shape index (κ1) is 28.8. The van der Waals surface area contributed by atoms with Gasteiger partial charge in [-0.2, -0.15) is 0 Å². The topological polar surface area (TPSA) is 98.7 Å². The third kappa shape index (κ3) is 7.26. The molecule has 0 unspecified atom stereocenters. The molecule has 3 aromatic rings. The predicted octanol–water partition coefficient (Wildman–Crippen LogP) is 5.31. The summed E-state index contributed by atoms with van der Waals surface area (Å²) in [6, 6.07) is 20.2. The van der Waals surface area contributed by atoms with Crippen LogP contribution in [0.15, 0.2) is 71.7 Å². The van der Waals surface area contributed by atoms with Crippen molar-refractivity contribution in [3.8, 4) is 23.0 Å². The van der Waals surface area contributed by atoms with Crippen LogP contribution in [0.5, 0.6) is 23.0 Å². The van der Waals surface area contributed by atoms with Crippen LogP contribution in [0.2, 0.25) is 0 Å². The molecule has 0 saturated carbocycles. The van der Waals surface area contributed by atoms with E-state index in [4.69, 9.17) is 23.9 Å². The van der Waals surface area contributed by atoms with Crippen LogP contribution in [0.3, 0.4) is 0 Å². The third-order valence-electron chi connectivity index (χ3n) is 6.19. The van der Waals surface area contributed by atoms with Crippen LogP contribution < -0.4 is 24.3 Å². The van der Waals surface area contributed by atoms with Gasteiger partial charge >= 0.3 is 0 Å². The van der Waals surface area contributed by atoms with Gasteiger partial charge in [-0.3, -0.25) is 14.5 Å². The Balaban J connectivity index is 1.51. The van der Waals surface area contributed by atoms with Crippen molar-refractivity contribution in [2.75, 3.05) is 39.8 Å². The Morgan fingerprint density at radius 1 is 0.950 bits per heavy atom. The summed E-state index contributed by atoms with van der Waals surface area (Å²) < 4.78 is 21.5. The lowest BCUT2D eigenvalue weighted by molar-refractivity contribution is -0.128. The van der Waals surface area contributed by atoms with Gasteiger partial charge in [0.2, 0.25) is 11.8 Å². The Hall–Kier alpha value is -4.18. The number of thioether (sulfide) groups is 1. The molecule has 0 aromatic heterocycles. The Labute approximate surface area is 238 Å². The molecule has 1 aliphatic heterocycles. The van der Waals surface area contributed by atoms with Gasteiger partial charge in [0.25, 0.3) is 0 Å². The number of hydrogen-bond acceptors (Lipinski definition) is 8. The van der Waals surface area contributed by atoms with E-state index in [9.17, 15) is 9.59 Å². The molecular formula is C30H33N3O6S. The van der Waals surface area contributed by atoms with Crippen molar-refractivity contribution in [2.24, 2.45) is 4.99 Å². The summed E-state index contributed by atoms with van der Waals surface area (Å²) in [5.74, 6) is 2.23. The number of ether oxygens (including phenoxy) is 4. The average Bonchev–Trinajstić information content (AvgIpc) is 3.25. The number of rotatable bonds is 12. The number of benzene rings is 3. The van der Waals surface area contributed by atoms with Crippen LogP contribution in [0.4, 0.5) is 11.4 Å². The van der Waals surface area contributed by atoms with E-state index in [2.05, 4.69) is 5.32 Å². The summed E-state index contributed by atoms with van der Waals surface area (Å²) in [4.78, 5) is 32.9. The fraction of sp³-hybridized carbons (Fsp3) is 0.300. The van der Waals surface area contributed by atoms with Gasteiger partial charge in [0.05, 0.1) is 33.6 Å². The first-order valence-corrected chi connectivity index (χ1v) is 13.8. The molecule has 2 amide bonds. The van der Waals surface area contributed by atoms with E-state index in [-0.39, 0.29) is 18.2 Å². The third-order valence-corrected chi connectivity index (χ3v) is 7.36. The van der Waals surface area contributed by atoms with Gasteiger partial charge in [0.15, 0.2) is 16.7 Å². The highest BCUT2D eigenvalue weighted by Crippen LogP contribution is 2.33. The number of nitrogens with zero attached hydrogens (tertiary/aromatic N) is 2. The Bertz CT molecular complexity index is 1360. The van der Waals surface area contributed by atoms with Gasteiger partial charge in [0.1, 0.15) is 16.7 Å². The van der Waals surface area contributed by atoms with Gasteiger partial charge in [0, 0.05) is 24.7 Å². The zero-order valence-corrected chi connectivity index (χ0v) is 23.8. The summed E-state index contributed by atoms with van der Waals surface area (Å²) >= 11 is 1.30. The number of anilines is 1. The molecule has 40 heavy (non-hydrogen) atoms. The van der Waals surface area contributed by atoms with Crippen LogP contribution in [0.25, 0.3) is 0 Å². The molecule has 1 heterocycles. The monoisotopic (exact) mass is 563 g/mol. The van der Waals surface area contributed by atoms with E-state index >= 15 is 0 Å². The number of aliphatic imine (C=N–C) groups is 1. The van der Waals surface area contributed by atoms with Crippen LogP contribution in [-0.2, 0) is 16.0 Å². The Morgan fingerprint density at radius 3 is 2.42 bits per heavy atom. The molecule has 210 valence electrons. The number of methoxy groups -OCH3 is 3. The highest BCUT2D eigenvalue weighted by atomic mass is 32.2. The van der Waals surface area contributed by atoms with E-state index < -0.39 is 5.25 Å². The fourth-order valence-corrected chi connectivity index (χ4v) is 5.37. The zero-order chi connectivity index (χ0) is 28.5. The van der Waals surface area contributed by atoms with E-state index in [0.29, 0.717) is 59.1 Å². The molecule has 1 fully saturated rings. The van der Waals surface area contributed by atoms with Gasteiger partial charge in [-0.1, -0.05) is 23.9 Å². The van der Waals surface area contributed by atoms with Crippen molar-refractivity contribution in [2.45, 2.75) is 25.0 Å². The van der Waals surface area contributed by atoms with E-state index in [0.717, 1.165) is 5.56 Å². The molecule has 1 N–H and O–H groups in total. The molecule has 3 aromatic carbocycles. The fourth-order valence-electron chi connectivity index (χ4n) is 4.19. The van der Waals surface area contributed by atoms with Crippen LogP contribution in [0, 0.1) is 0 Å². The van der Waals surface area contributed by atoms with E-state index in [1.54, 1.807) is 38.4 Å². The first-order valence-electron chi connectivity index (χ1n) is 12.9. The second kappa shape index (κ2) is 13.7. The zero-order valence-electron chi connectivity index (χ0n) is 23.0. The summed E-state index contributed by atoms with van der Waals surface area (Å²) in [6.07, 6.45) is 0.578. The van der Waals surface area contributed by atoms with Crippen molar-refractivity contribution in [1.29, 1.82) is 0 Å². The first-order chi connectivity index (χ1) is 19.4. The van der Waals surface area contributed by atoms with Gasteiger partial charge in [-0.15, -0.1) is 0 Å². The van der Waals surface area contributed by atoms with Crippen LogP contribution in [-0.4, -0.2) is 61.6 Å². The molecule has 1 saturated heterocycles. The van der Waals surface area contributed by atoms with Crippen LogP contribution in [0.1, 0.15) is 18.9 Å². The molecule has 0 bridgehead atoms. The molecule has 0 radical (unpaired) electrons. The van der Waals surface area contributed by atoms with E-state index in [1.807, 2.05) is 61.5 Å². The quantitative estimate of drug-likeness (QED) is 0.319. The molecule has 4 rings (SSSR count). The van der Waals surface area contributed by atoms with Crippen LogP contribution >= 0.6 is 11.8 Å². The smallest absolute Gasteiger partial charge is 0.242 e. The Kier molecular flexibility index (Phi) is 9.91. The molecule has 10 heteroatoms. The largest absolute Gasteiger partial charge is 0.497 e. The second-order valence-corrected chi connectivity index (χ2v) is 10.0. The summed E-state index contributed by atoms with van der Waals surface area (Å²) in [6.45, 7) is 2.82. The summed E-state index contributed by atoms with van der Waals surface area (Å²) in [7, 11) is 4.78. The van der Waals surface area contributed by atoms with Crippen molar-refractivity contribution in [1.82, 2.24) is 4.90 Å². The minimum Gasteiger partial charge on any atom is -0.497 e. The summed E-state index contributed by atoms with van der Waals surface area (Å²) in [5, 5.41) is 2.83. The maximum atomic E-state index is 13.5. The highest BCUT2D eigenvalue weighted by Gasteiger charge is 2.39. The van der Waals surface area contributed by atoms with Gasteiger partial charge in [-0.05, 0) is 67.4 Å². The molecule has 9 nitrogen and oxygen atoms in total. The normalized spacial score (nSPS) is 15.7. The van der Waals surface area contributed by atoms with Crippen molar-refractivity contribution < 1.29 is 28.5 Å². The van der Waals surface area contributed by atoms with E-state index in [1.165, 1.54) is 11.8 Å². The maximum Gasteiger partial charge on any atom is 0.242 e. The van der Waals surface area contributed by atoms with Crippen molar-refractivity contribution >= 4 is 40.1 Å².